The van der Waals surface area contributed by atoms with Crippen LogP contribution in [0.25, 0.3) is 33.4 Å². The highest BCUT2D eigenvalue weighted by Crippen LogP contribution is 2.31. The second-order valence-corrected chi connectivity index (χ2v) is 8.87. The van der Waals surface area contributed by atoms with Crippen LogP contribution in [0.2, 0.25) is 5.02 Å². The highest BCUT2D eigenvalue weighted by atomic mass is 35.5. The number of ether oxygens (including phenoxy) is 1. The van der Waals surface area contributed by atoms with Crippen molar-refractivity contribution in [3.63, 3.8) is 0 Å². The number of halogens is 1. The number of nitrogens with one attached hydrogen (secondary N) is 2. The number of hydrogen-bond acceptors (Lipinski definition) is 8. The number of fused-ring (bicyclic) bond motifs is 1. The average molecular weight is 492 g/mol. The van der Waals surface area contributed by atoms with Gasteiger partial charge in [-0.2, -0.15) is 4.98 Å². The largest absolute Gasteiger partial charge is 0.376 e. The summed E-state index contributed by atoms with van der Waals surface area (Å²) in [5, 5.41) is 7.50. The molecule has 1 unspecified atom stereocenters. The third-order valence-corrected chi connectivity index (χ3v) is 6.35. The van der Waals surface area contributed by atoms with Crippen molar-refractivity contribution in [1.29, 1.82) is 0 Å². The molecule has 0 amide bonds. The van der Waals surface area contributed by atoms with E-state index in [0.717, 1.165) is 35.4 Å². The maximum Gasteiger partial charge on any atom is 0.260 e. The summed E-state index contributed by atoms with van der Waals surface area (Å²) in [5.41, 5.74) is 3.93. The SMILES string of the molecule is CNc1ncc2cc(-c3ccc(-c4cncc(C)n4)cc3Cl)c(=O)n(CCC3CNCCO3)c2n1. The molecule has 35 heavy (non-hydrogen) atoms. The van der Waals surface area contributed by atoms with Gasteiger partial charge in [0.1, 0.15) is 5.65 Å². The topological polar surface area (TPSA) is 107 Å². The number of pyridine rings is 1. The molecule has 0 aliphatic carbocycles. The highest BCUT2D eigenvalue weighted by Gasteiger charge is 2.19. The lowest BCUT2D eigenvalue weighted by molar-refractivity contribution is 0.0211. The summed E-state index contributed by atoms with van der Waals surface area (Å²) >= 11 is 6.71. The zero-order chi connectivity index (χ0) is 24.4. The van der Waals surface area contributed by atoms with Crippen LogP contribution >= 0.6 is 11.6 Å². The number of nitrogens with zero attached hydrogens (tertiary/aromatic N) is 5. The molecule has 1 aliphatic rings. The molecular weight excluding hydrogens is 466 g/mol. The fourth-order valence-corrected chi connectivity index (χ4v) is 4.54. The van der Waals surface area contributed by atoms with Gasteiger partial charge < -0.3 is 15.4 Å². The van der Waals surface area contributed by atoms with Crippen LogP contribution in [0.4, 0.5) is 5.95 Å². The summed E-state index contributed by atoms with van der Waals surface area (Å²) in [6.45, 7) is 4.62. The first kappa shape index (κ1) is 23.3. The molecule has 2 N–H and O–H groups in total. The van der Waals surface area contributed by atoms with Gasteiger partial charge in [-0.15, -0.1) is 0 Å². The zero-order valence-corrected chi connectivity index (χ0v) is 20.3. The number of benzene rings is 1. The van der Waals surface area contributed by atoms with Crippen LogP contribution in [0.15, 0.2) is 47.7 Å². The van der Waals surface area contributed by atoms with Gasteiger partial charge in [-0.05, 0) is 25.5 Å². The fourth-order valence-electron chi connectivity index (χ4n) is 4.25. The monoisotopic (exact) mass is 491 g/mol. The van der Waals surface area contributed by atoms with Crippen LogP contribution in [0.1, 0.15) is 12.1 Å². The van der Waals surface area contributed by atoms with Crippen molar-refractivity contribution in [3.8, 4) is 22.4 Å². The van der Waals surface area contributed by atoms with E-state index in [2.05, 4.69) is 30.6 Å². The van der Waals surface area contributed by atoms with E-state index in [0.29, 0.717) is 47.3 Å². The van der Waals surface area contributed by atoms with E-state index in [1.54, 1.807) is 36.3 Å². The van der Waals surface area contributed by atoms with Crippen molar-refractivity contribution in [2.45, 2.75) is 26.0 Å². The lowest BCUT2D eigenvalue weighted by atomic mass is 10.0. The average Bonchev–Trinajstić information content (AvgIpc) is 2.88. The number of aromatic nitrogens is 5. The van der Waals surface area contributed by atoms with Gasteiger partial charge in [-0.25, -0.2) is 9.97 Å². The Morgan fingerprint density at radius 1 is 1.20 bits per heavy atom. The zero-order valence-electron chi connectivity index (χ0n) is 19.6. The van der Waals surface area contributed by atoms with Gasteiger partial charge in [0, 0.05) is 66.2 Å². The van der Waals surface area contributed by atoms with Crippen molar-refractivity contribution in [2.75, 3.05) is 32.1 Å². The van der Waals surface area contributed by atoms with Gasteiger partial charge in [0.05, 0.1) is 30.3 Å². The first-order chi connectivity index (χ1) is 17.0. The maximum absolute atomic E-state index is 13.8. The molecule has 180 valence electrons. The third kappa shape index (κ3) is 4.88. The van der Waals surface area contributed by atoms with Crippen molar-refractivity contribution < 1.29 is 4.74 Å². The van der Waals surface area contributed by atoms with Crippen LogP contribution < -0.4 is 16.2 Å². The standard InChI is InChI=1S/C25H26ClN7O2/c1-15-11-29-14-22(31-15)16-3-4-19(21(26)10-16)20-9-17-12-30-25(27-2)32-23(17)33(24(20)34)7-5-18-13-28-6-8-35-18/h3-4,9-12,14,18,28H,5-8,13H2,1-2H3,(H,27,30,32). The lowest BCUT2D eigenvalue weighted by Crippen LogP contribution is -2.39. The number of anilines is 1. The smallest absolute Gasteiger partial charge is 0.260 e. The minimum atomic E-state index is -0.160. The Kier molecular flexibility index (Phi) is 6.72. The summed E-state index contributed by atoms with van der Waals surface area (Å²) in [6.07, 6.45) is 5.84. The first-order valence-electron chi connectivity index (χ1n) is 11.5. The maximum atomic E-state index is 13.8. The normalized spacial score (nSPS) is 15.9. The van der Waals surface area contributed by atoms with Gasteiger partial charge >= 0.3 is 0 Å². The Morgan fingerprint density at radius 2 is 2.09 bits per heavy atom. The van der Waals surface area contributed by atoms with E-state index in [1.807, 2.05) is 25.1 Å². The quantitative estimate of drug-likeness (QED) is 0.423. The molecule has 0 radical (unpaired) electrons. The molecule has 9 nitrogen and oxygen atoms in total. The van der Waals surface area contributed by atoms with E-state index in [4.69, 9.17) is 16.3 Å². The number of hydrogen-bond donors (Lipinski definition) is 2. The molecule has 0 spiro atoms. The summed E-state index contributed by atoms with van der Waals surface area (Å²) in [5.74, 6) is 0.454. The molecule has 5 rings (SSSR count). The Bertz CT molecular complexity index is 1430. The van der Waals surface area contributed by atoms with E-state index < -0.39 is 0 Å². The number of rotatable bonds is 6. The van der Waals surface area contributed by atoms with E-state index in [9.17, 15) is 4.79 Å². The molecule has 0 saturated carbocycles. The van der Waals surface area contributed by atoms with Gasteiger partial charge in [-0.1, -0.05) is 23.7 Å². The van der Waals surface area contributed by atoms with Crippen molar-refractivity contribution >= 4 is 28.6 Å². The van der Waals surface area contributed by atoms with Crippen LogP contribution in [0.3, 0.4) is 0 Å². The van der Waals surface area contributed by atoms with Gasteiger partial charge in [0.25, 0.3) is 5.56 Å². The van der Waals surface area contributed by atoms with E-state index in [1.165, 1.54) is 0 Å². The fraction of sp³-hybridized carbons (Fsp3) is 0.320. The summed E-state index contributed by atoms with van der Waals surface area (Å²) in [6, 6.07) is 7.38. The van der Waals surface area contributed by atoms with Gasteiger partial charge in [0.2, 0.25) is 5.95 Å². The van der Waals surface area contributed by atoms with Gasteiger partial charge in [-0.3, -0.25) is 14.3 Å². The third-order valence-electron chi connectivity index (χ3n) is 6.04. The van der Waals surface area contributed by atoms with E-state index in [-0.39, 0.29) is 11.7 Å². The minimum absolute atomic E-state index is 0.0401. The second kappa shape index (κ2) is 10.1. The van der Waals surface area contributed by atoms with Gasteiger partial charge in [0.15, 0.2) is 0 Å². The molecular formula is C25H26ClN7O2. The molecule has 1 fully saturated rings. The minimum Gasteiger partial charge on any atom is -0.376 e. The Hall–Kier alpha value is -3.40. The lowest BCUT2D eigenvalue weighted by Gasteiger charge is -2.24. The summed E-state index contributed by atoms with van der Waals surface area (Å²) in [4.78, 5) is 31.4. The highest BCUT2D eigenvalue weighted by molar-refractivity contribution is 6.33. The van der Waals surface area contributed by atoms with Crippen LogP contribution in [0, 0.1) is 6.92 Å². The molecule has 4 heterocycles. The first-order valence-corrected chi connectivity index (χ1v) is 11.9. The van der Waals surface area contributed by atoms with Crippen LogP contribution in [0.5, 0.6) is 0 Å². The molecule has 0 bridgehead atoms. The predicted molar refractivity (Wildman–Crippen MR) is 137 cm³/mol. The Morgan fingerprint density at radius 3 is 2.83 bits per heavy atom. The van der Waals surface area contributed by atoms with E-state index >= 15 is 0 Å². The molecule has 4 aromatic rings. The molecule has 1 aromatic carbocycles. The molecule has 3 aromatic heterocycles. The summed E-state index contributed by atoms with van der Waals surface area (Å²) < 4.78 is 7.53. The number of aryl methyl sites for hydroxylation is 2. The second-order valence-electron chi connectivity index (χ2n) is 8.46. The Balaban J connectivity index is 1.58. The van der Waals surface area contributed by atoms with Crippen LogP contribution in [-0.4, -0.2) is 57.4 Å². The van der Waals surface area contributed by atoms with Crippen molar-refractivity contribution in [2.24, 2.45) is 0 Å². The molecule has 1 atom stereocenters. The Labute approximate surface area is 207 Å². The molecule has 1 saturated heterocycles. The van der Waals surface area contributed by atoms with Crippen molar-refractivity contribution in [3.05, 3.63) is 63.9 Å². The molecule has 1 aliphatic heterocycles. The number of morpholine rings is 1. The molecule has 10 heteroatoms. The van der Waals surface area contributed by atoms with Crippen LogP contribution in [-0.2, 0) is 11.3 Å². The predicted octanol–water partition coefficient (Wildman–Crippen LogP) is 3.30. The van der Waals surface area contributed by atoms with Crippen molar-refractivity contribution in [1.82, 2.24) is 29.8 Å². The summed E-state index contributed by atoms with van der Waals surface area (Å²) in [7, 11) is 1.75.